The van der Waals surface area contributed by atoms with Crippen LogP contribution in [-0.4, -0.2) is 225 Å². The van der Waals surface area contributed by atoms with Crippen molar-refractivity contribution in [1.82, 2.24) is 44.1 Å². The van der Waals surface area contributed by atoms with Crippen molar-refractivity contribution in [2.45, 2.75) is 65.6 Å². The maximum Gasteiger partial charge on any atom is 0.320 e. The van der Waals surface area contributed by atoms with Crippen molar-refractivity contribution in [1.29, 1.82) is 0 Å². The highest BCUT2D eigenvalue weighted by Crippen LogP contribution is 2.23. The smallest absolute Gasteiger partial charge is 0.320 e. The monoisotopic (exact) mass is 1330 g/mol. The molecule has 0 radical (unpaired) electrons. The van der Waals surface area contributed by atoms with E-state index in [0.717, 1.165) is 33.4 Å². The van der Waals surface area contributed by atoms with E-state index >= 15 is 0 Å². The van der Waals surface area contributed by atoms with Crippen molar-refractivity contribution in [2.24, 2.45) is 0 Å². The lowest BCUT2D eigenvalue weighted by Crippen LogP contribution is -2.41. The van der Waals surface area contributed by atoms with Gasteiger partial charge in [-0.25, -0.2) is 0 Å². The van der Waals surface area contributed by atoms with Crippen LogP contribution in [0.15, 0.2) is 146 Å². The number of esters is 1. The zero-order chi connectivity index (χ0) is 68.8. The maximum absolute atomic E-state index is 14.1. The fourth-order valence-corrected chi connectivity index (χ4v) is 12.5. The summed E-state index contributed by atoms with van der Waals surface area (Å²) in [4.78, 5) is 106. The Morgan fingerprint density at radius 2 is 0.557 bits per heavy atom. The standard InChI is InChI=1S/C70H89N15O12/c1-70(2,3)97-69(88)54-81-38-32-73(46-55-10-4-16-61(40-55)71-67(86)52-79-34-28-75(48-57-12-6-18-63(42-57)82(89)90)24-25-76(29-35-79)49-58-13-7-19-64(43-58)83(91)92)22-23-74(33-39-81)47-56-11-5-17-62(41-56)72-68(87)53-80-36-30-77(50-59-14-8-20-65(44-59)84(93)94)26-27-78(31-37-80)51-60-15-9-21-66(45-60)85(95)96/h4-21,40-45H,22-39,46-54H2,1-3H3,(H,71,86)(H,72,87). The minimum Gasteiger partial charge on any atom is -0.459 e. The first-order valence-electron chi connectivity index (χ1n) is 33.0. The summed E-state index contributed by atoms with van der Waals surface area (Å²) >= 11 is 0. The van der Waals surface area contributed by atoms with Crippen LogP contribution in [0.4, 0.5) is 34.1 Å². The van der Waals surface area contributed by atoms with Crippen molar-refractivity contribution in [3.63, 3.8) is 0 Å². The summed E-state index contributed by atoms with van der Waals surface area (Å²) in [6.45, 7) is 19.9. The molecule has 3 fully saturated rings. The van der Waals surface area contributed by atoms with Gasteiger partial charge >= 0.3 is 5.97 Å². The molecule has 0 saturated carbocycles. The molecule has 516 valence electrons. The summed E-state index contributed by atoms with van der Waals surface area (Å²) in [6.07, 6.45) is 0. The molecule has 27 nitrogen and oxygen atoms in total. The van der Waals surface area contributed by atoms with Gasteiger partial charge in [0.25, 0.3) is 22.7 Å². The Bertz CT molecular complexity index is 3320. The molecule has 0 atom stereocenters. The van der Waals surface area contributed by atoms with Gasteiger partial charge in [-0.05, 0) is 78.4 Å². The first kappa shape index (κ1) is 72.2. The van der Waals surface area contributed by atoms with Gasteiger partial charge < -0.3 is 15.4 Å². The molecule has 3 aliphatic rings. The van der Waals surface area contributed by atoms with Gasteiger partial charge in [0, 0.05) is 217 Å². The summed E-state index contributed by atoms with van der Waals surface area (Å²) < 4.78 is 5.79. The Labute approximate surface area is 565 Å². The number of anilines is 2. The van der Waals surface area contributed by atoms with Crippen molar-refractivity contribution in [3.05, 3.63) is 219 Å². The molecule has 0 bridgehead atoms. The van der Waals surface area contributed by atoms with E-state index in [2.05, 4.69) is 54.7 Å². The topological polar surface area (TPSA) is 286 Å². The average molecular weight is 1330 g/mol. The molecule has 0 aliphatic carbocycles. The lowest BCUT2D eigenvalue weighted by atomic mass is 10.1. The molecule has 6 aromatic carbocycles. The van der Waals surface area contributed by atoms with Crippen LogP contribution >= 0.6 is 0 Å². The van der Waals surface area contributed by atoms with Gasteiger partial charge in [-0.2, -0.15) is 0 Å². The lowest BCUT2D eigenvalue weighted by molar-refractivity contribution is -0.385. The highest BCUT2D eigenvalue weighted by Gasteiger charge is 2.26. The first-order valence-corrected chi connectivity index (χ1v) is 33.0. The van der Waals surface area contributed by atoms with Gasteiger partial charge in [0.2, 0.25) is 11.8 Å². The predicted molar refractivity (Wildman–Crippen MR) is 369 cm³/mol. The van der Waals surface area contributed by atoms with Crippen LogP contribution in [0.5, 0.6) is 0 Å². The van der Waals surface area contributed by atoms with Crippen molar-refractivity contribution in [2.75, 3.05) is 148 Å². The summed E-state index contributed by atoms with van der Waals surface area (Å²) in [6, 6.07) is 42.1. The number of amides is 2. The van der Waals surface area contributed by atoms with Crippen LogP contribution in [-0.2, 0) is 58.4 Å². The molecule has 3 saturated heterocycles. The Balaban J connectivity index is 0.833. The molecular weight excluding hydrogens is 1240 g/mol. The molecule has 97 heavy (non-hydrogen) atoms. The number of carbonyl (C=O) groups is 3. The molecule has 6 aromatic rings. The zero-order valence-electron chi connectivity index (χ0n) is 55.7. The van der Waals surface area contributed by atoms with Gasteiger partial charge in [0.15, 0.2) is 0 Å². The molecule has 3 heterocycles. The number of benzene rings is 6. The minimum absolute atomic E-state index is 0.0153. The molecule has 0 unspecified atom stereocenters. The number of nitro groups is 4. The molecular formula is C70H89N15O12. The molecule has 0 spiro atoms. The van der Waals surface area contributed by atoms with Crippen molar-refractivity contribution in [3.8, 4) is 0 Å². The molecule has 2 amide bonds. The third-order valence-electron chi connectivity index (χ3n) is 17.4. The van der Waals surface area contributed by atoms with Crippen LogP contribution in [0.1, 0.15) is 54.2 Å². The molecule has 3 aliphatic heterocycles. The number of nitrogens with one attached hydrogen (secondary N) is 2. The number of non-ortho nitro benzene ring substituents is 4. The quantitative estimate of drug-likeness (QED) is 0.0332. The van der Waals surface area contributed by atoms with Crippen LogP contribution in [0.25, 0.3) is 0 Å². The first-order chi connectivity index (χ1) is 46.6. The van der Waals surface area contributed by atoms with E-state index in [-0.39, 0.29) is 60.2 Å². The van der Waals surface area contributed by atoms with E-state index in [1.807, 2.05) is 93.6 Å². The number of rotatable bonds is 24. The number of ether oxygens (including phenoxy) is 1. The highest BCUT2D eigenvalue weighted by atomic mass is 16.6. The van der Waals surface area contributed by atoms with Crippen LogP contribution in [0.2, 0.25) is 0 Å². The Kier molecular flexibility index (Phi) is 26.3. The highest BCUT2D eigenvalue weighted by molar-refractivity contribution is 5.93. The van der Waals surface area contributed by atoms with Gasteiger partial charge in [0.05, 0.1) is 39.3 Å². The van der Waals surface area contributed by atoms with Crippen molar-refractivity contribution < 1.29 is 38.8 Å². The summed E-state index contributed by atoms with van der Waals surface area (Å²) in [5, 5.41) is 52.9. The number of carbonyl (C=O) groups excluding carboxylic acids is 3. The van der Waals surface area contributed by atoms with Crippen LogP contribution in [0.3, 0.4) is 0 Å². The van der Waals surface area contributed by atoms with E-state index in [9.17, 15) is 54.8 Å². The number of hydrogen-bond acceptors (Lipinski definition) is 21. The molecule has 0 aromatic heterocycles. The number of hydrogen-bond donors (Lipinski definition) is 2. The number of nitrogens with zero attached hydrogens (tertiary/aromatic N) is 13. The van der Waals surface area contributed by atoms with Gasteiger partial charge in [-0.3, -0.25) is 98.9 Å². The van der Waals surface area contributed by atoms with Gasteiger partial charge in [-0.1, -0.05) is 72.8 Å². The fourth-order valence-electron chi connectivity index (χ4n) is 12.5. The van der Waals surface area contributed by atoms with Gasteiger partial charge in [0.1, 0.15) is 5.60 Å². The fraction of sp³-hybridized carbons (Fsp3) is 0.443. The van der Waals surface area contributed by atoms with E-state index < -0.39 is 25.3 Å². The van der Waals surface area contributed by atoms with E-state index in [0.29, 0.717) is 168 Å². The molecule has 9 rings (SSSR count). The second-order valence-electron chi connectivity index (χ2n) is 26.3. The van der Waals surface area contributed by atoms with Crippen LogP contribution in [0, 0.1) is 40.5 Å². The molecule has 2 N–H and O–H groups in total. The number of nitro benzene ring substituents is 4. The second-order valence-corrected chi connectivity index (χ2v) is 26.3. The average Bonchev–Trinajstić information content (AvgIpc) is 1.91. The normalized spacial score (nSPS) is 17.1. The third kappa shape index (κ3) is 24.2. The second kappa shape index (κ2) is 35.3. The summed E-state index contributed by atoms with van der Waals surface area (Å²) in [5.41, 5.74) is 5.89. The SMILES string of the molecule is CC(C)(C)OC(=O)CN1CCN(Cc2cccc(NC(=O)CN3CCN(Cc4cccc([N+](=O)[O-])c4)CCN(Cc4cccc([N+](=O)[O-])c4)CC3)c2)CCN(Cc2cccc(NC(=O)CN3CCN(Cc4cccc([N+](=O)[O-])c4)CCN(Cc4cccc([N+](=O)[O-])c4)CC3)c2)CC1. The largest absolute Gasteiger partial charge is 0.459 e. The van der Waals surface area contributed by atoms with E-state index in [4.69, 9.17) is 4.74 Å². The van der Waals surface area contributed by atoms with Crippen molar-refractivity contribution >= 4 is 51.9 Å². The third-order valence-corrected chi connectivity index (χ3v) is 17.4. The van der Waals surface area contributed by atoms with E-state index in [1.54, 1.807) is 48.5 Å². The zero-order valence-corrected chi connectivity index (χ0v) is 55.7. The minimum atomic E-state index is -0.651. The molecule has 27 heteroatoms. The summed E-state index contributed by atoms with van der Waals surface area (Å²) in [7, 11) is 0. The summed E-state index contributed by atoms with van der Waals surface area (Å²) in [5.74, 6) is -0.683. The van der Waals surface area contributed by atoms with E-state index in [1.165, 1.54) is 24.3 Å². The maximum atomic E-state index is 14.1. The van der Waals surface area contributed by atoms with Gasteiger partial charge in [-0.15, -0.1) is 0 Å². The Morgan fingerprint density at radius 1 is 0.340 bits per heavy atom. The predicted octanol–water partition coefficient (Wildman–Crippen LogP) is 7.80. The Morgan fingerprint density at radius 3 is 0.794 bits per heavy atom. The Hall–Kier alpha value is -9.03. The van der Waals surface area contributed by atoms with Crippen LogP contribution < -0.4 is 10.6 Å². The lowest BCUT2D eigenvalue weighted by Gasteiger charge is -2.27.